The quantitative estimate of drug-likeness (QED) is 0.792. The van der Waals surface area contributed by atoms with Crippen molar-refractivity contribution in [3.8, 4) is 11.5 Å². The number of hydrogen-bond donors (Lipinski definition) is 0. The third-order valence-electron chi connectivity index (χ3n) is 3.92. The molecule has 0 amide bonds. The van der Waals surface area contributed by atoms with Crippen molar-refractivity contribution in [3.05, 3.63) is 23.8 Å². The highest BCUT2D eigenvalue weighted by atomic mass is 79.9. The Morgan fingerprint density at radius 2 is 2.00 bits per heavy atom. The fraction of sp³-hybridized carbons (Fsp3) is 0.600. The molecule has 3 rings (SSSR count). The van der Waals surface area contributed by atoms with Gasteiger partial charge in [-0.2, -0.15) is 0 Å². The number of ether oxygens (including phenoxy) is 3. The van der Waals surface area contributed by atoms with Gasteiger partial charge < -0.3 is 14.2 Å². The Morgan fingerprint density at radius 3 is 2.79 bits per heavy atom. The number of hydrogen-bond acceptors (Lipinski definition) is 3. The van der Waals surface area contributed by atoms with Gasteiger partial charge in [-0.15, -0.1) is 0 Å². The molecule has 0 spiro atoms. The van der Waals surface area contributed by atoms with E-state index in [1.54, 1.807) is 0 Å². The van der Waals surface area contributed by atoms with E-state index in [-0.39, 0.29) is 0 Å². The highest BCUT2D eigenvalue weighted by molar-refractivity contribution is 9.09. The van der Waals surface area contributed by atoms with E-state index in [0.29, 0.717) is 30.1 Å². The van der Waals surface area contributed by atoms with E-state index in [4.69, 9.17) is 14.2 Å². The molecule has 1 saturated heterocycles. The lowest BCUT2D eigenvalue weighted by Crippen LogP contribution is -2.19. The summed E-state index contributed by atoms with van der Waals surface area (Å²) in [6.07, 6.45) is 2.54. The monoisotopic (exact) mass is 326 g/mol. The number of alkyl halides is 1. The highest BCUT2D eigenvalue weighted by Crippen LogP contribution is 2.43. The maximum absolute atomic E-state index is 5.78. The molecule has 0 N–H and O–H groups in total. The summed E-state index contributed by atoms with van der Waals surface area (Å²) in [5.41, 5.74) is 1.25. The average Bonchev–Trinajstić information content (AvgIpc) is 2.94. The summed E-state index contributed by atoms with van der Waals surface area (Å²) in [5.74, 6) is 2.25. The molecule has 2 heterocycles. The van der Waals surface area contributed by atoms with Crippen LogP contribution in [0.15, 0.2) is 18.2 Å². The normalized spacial score (nSPS) is 27.3. The summed E-state index contributed by atoms with van der Waals surface area (Å²) < 4.78 is 17.0. The number of halogens is 1. The summed E-state index contributed by atoms with van der Waals surface area (Å²) in [6, 6.07) is 6.23. The molecule has 1 aromatic rings. The maximum Gasteiger partial charge on any atom is 0.161 e. The summed E-state index contributed by atoms with van der Waals surface area (Å²) in [4.78, 5) is 0.316. The molecular formula is C15H19BrO3. The van der Waals surface area contributed by atoms with Crippen molar-refractivity contribution < 1.29 is 14.2 Å². The zero-order valence-electron chi connectivity index (χ0n) is 11.1. The van der Waals surface area contributed by atoms with Crippen molar-refractivity contribution in [2.45, 2.75) is 30.7 Å². The SMILES string of the molecule is CCC1OCCC1C(Br)c1ccc2c(c1)OCCO2. The Labute approximate surface area is 122 Å². The molecule has 2 aliphatic rings. The number of benzene rings is 1. The van der Waals surface area contributed by atoms with E-state index in [9.17, 15) is 0 Å². The molecule has 1 aromatic carbocycles. The van der Waals surface area contributed by atoms with E-state index < -0.39 is 0 Å². The lowest BCUT2D eigenvalue weighted by atomic mass is 9.91. The summed E-state index contributed by atoms with van der Waals surface area (Å²) in [5, 5.41) is 0. The number of rotatable bonds is 3. The van der Waals surface area contributed by atoms with Crippen molar-refractivity contribution in [3.63, 3.8) is 0 Å². The van der Waals surface area contributed by atoms with Gasteiger partial charge in [-0.05, 0) is 30.5 Å². The van der Waals surface area contributed by atoms with E-state index in [0.717, 1.165) is 30.9 Å². The first-order valence-electron chi connectivity index (χ1n) is 6.95. The van der Waals surface area contributed by atoms with Crippen LogP contribution in [0.3, 0.4) is 0 Å². The molecule has 4 heteroatoms. The van der Waals surface area contributed by atoms with Gasteiger partial charge >= 0.3 is 0 Å². The molecule has 0 bridgehead atoms. The standard InChI is InChI=1S/C15H19BrO3/c1-2-12-11(5-6-17-12)15(16)10-3-4-13-14(9-10)19-8-7-18-13/h3-4,9,11-12,15H,2,5-8H2,1H3. The van der Waals surface area contributed by atoms with Crippen LogP contribution in [0.4, 0.5) is 0 Å². The van der Waals surface area contributed by atoms with Gasteiger partial charge in [0.1, 0.15) is 13.2 Å². The summed E-state index contributed by atoms with van der Waals surface area (Å²) >= 11 is 3.85. The molecule has 104 valence electrons. The van der Waals surface area contributed by atoms with Crippen molar-refractivity contribution in [2.75, 3.05) is 19.8 Å². The summed E-state index contributed by atoms with van der Waals surface area (Å²) in [7, 11) is 0. The second-order valence-corrected chi connectivity index (χ2v) is 6.06. The topological polar surface area (TPSA) is 27.7 Å². The lowest BCUT2D eigenvalue weighted by Gasteiger charge is -2.24. The molecule has 3 atom stereocenters. The molecule has 19 heavy (non-hydrogen) atoms. The zero-order valence-corrected chi connectivity index (χ0v) is 12.7. The molecule has 0 aliphatic carbocycles. The van der Waals surface area contributed by atoms with Crippen LogP contribution in [-0.2, 0) is 4.74 Å². The van der Waals surface area contributed by atoms with Crippen LogP contribution in [0.25, 0.3) is 0 Å². The Hall–Kier alpha value is -0.740. The third-order valence-corrected chi connectivity index (χ3v) is 5.13. The average molecular weight is 327 g/mol. The predicted octanol–water partition coefficient (Wildman–Crippen LogP) is 3.71. The lowest BCUT2D eigenvalue weighted by molar-refractivity contribution is 0.0872. The molecule has 3 unspecified atom stereocenters. The molecule has 1 fully saturated rings. The van der Waals surface area contributed by atoms with Crippen LogP contribution in [0.2, 0.25) is 0 Å². The molecule has 0 radical (unpaired) electrons. The van der Waals surface area contributed by atoms with Gasteiger partial charge in [-0.3, -0.25) is 0 Å². The summed E-state index contributed by atoms with van der Waals surface area (Å²) in [6.45, 7) is 4.33. The molecular weight excluding hydrogens is 308 g/mol. The van der Waals surface area contributed by atoms with Gasteiger partial charge in [0, 0.05) is 17.4 Å². The van der Waals surface area contributed by atoms with Gasteiger partial charge in [-0.25, -0.2) is 0 Å². The minimum absolute atomic E-state index is 0.316. The van der Waals surface area contributed by atoms with E-state index in [2.05, 4.69) is 35.0 Å². The second kappa shape index (κ2) is 5.71. The first-order valence-corrected chi connectivity index (χ1v) is 7.86. The van der Waals surface area contributed by atoms with Gasteiger partial charge in [0.05, 0.1) is 6.10 Å². The number of fused-ring (bicyclic) bond motifs is 1. The minimum atomic E-state index is 0.316. The molecule has 2 aliphatic heterocycles. The van der Waals surface area contributed by atoms with Gasteiger partial charge in [0.15, 0.2) is 11.5 Å². The largest absolute Gasteiger partial charge is 0.486 e. The van der Waals surface area contributed by atoms with E-state index >= 15 is 0 Å². The van der Waals surface area contributed by atoms with Crippen LogP contribution in [0.1, 0.15) is 30.2 Å². The van der Waals surface area contributed by atoms with Crippen LogP contribution in [0, 0.1) is 5.92 Å². The Morgan fingerprint density at radius 1 is 1.21 bits per heavy atom. The molecule has 0 aromatic heterocycles. The Kier molecular flexibility index (Phi) is 3.99. The first-order chi connectivity index (χ1) is 9.29. The van der Waals surface area contributed by atoms with Crippen LogP contribution >= 0.6 is 15.9 Å². The van der Waals surface area contributed by atoms with Crippen molar-refractivity contribution in [1.29, 1.82) is 0 Å². The van der Waals surface area contributed by atoms with Crippen molar-refractivity contribution in [1.82, 2.24) is 0 Å². The zero-order chi connectivity index (χ0) is 13.2. The second-order valence-electron chi connectivity index (χ2n) is 5.07. The maximum atomic E-state index is 5.78. The first kappa shape index (κ1) is 13.3. The van der Waals surface area contributed by atoms with Gasteiger partial charge in [-0.1, -0.05) is 28.9 Å². The van der Waals surface area contributed by atoms with Crippen LogP contribution in [0.5, 0.6) is 11.5 Å². The van der Waals surface area contributed by atoms with Crippen LogP contribution in [-0.4, -0.2) is 25.9 Å². The smallest absolute Gasteiger partial charge is 0.161 e. The highest BCUT2D eigenvalue weighted by Gasteiger charge is 2.33. The van der Waals surface area contributed by atoms with E-state index in [1.165, 1.54) is 5.56 Å². The third kappa shape index (κ3) is 2.61. The fourth-order valence-corrected chi connectivity index (χ4v) is 3.79. The minimum Gasteiger partial charge on any atom is -0.486 e. The Balaban J connectivity index is 1.81. The van der Waals surface area contributed by atoms with E-state index in [1.807, 2.05) is 6.07 Å². The fourth-order valence-electron chi connectivity index (χ4n) is 2.90. The van der Waals surface area contributed by atoms with Gasteiger partial charge in [0.2, 0.25) is 0 Å². The molecule has 3 nitrogen and oxygen atoms in total. The van der Waals surface area contributed by atoms with Gasteiger partial charge in [0.25, 0.3) is 0 Å². The predicted molar refractivity (Wildman–Crippen MR) is 77.2 cm³/mol. The Bertz CT molecular complexity index is 449. The van der Waals surface area contributed by atoms with Crippen molar-refractivity contribution >= 4 is 15.9 Å². The van der Waals surface area contributed by atoms with Crippen molar-refractivity contribution in [2.24, 2.45) is 5.92 Å². The van der Waals surface area contributed by atoms with Crippen LogP contribution < -0.4 is 9.47 Å². The molecule has 0 saturated carbocycles.